The van der Waals surface area contributed by atoms with Gasteiger partial charge in [0.15, 0.2) is 0 Å². The van der Waals surface area contributed by atoms with E-state index in [0.717, 1.165) is 0 Å². The minimum atomic E-state index is -0.348. The van der Waals surface area contributed by atoms with Crippen LogP contribution in [0.25, 0.3) is 0 Å². The van der Waals surface area contributed by atoms with Gasteiger partial charge in [0.05, 0.1) is 17.9 Å². The van der Waals surface area contributed by atoms with E-state index >= 15 is 0 Å². The smallest absolute Gasteiger partial charge is 0.340 e. The summed E-state index contributed by atoms with van der Waals surface area (Å²) in [7, 11) is 0. The van der Waals surface area contributed by atoms with Gasteiger partial charge in [0.2, 0.25) is 0 Å². The number of carbonyl (C=O) groups is 1. The maximum atomic E-state index is 11.5. The van der Waals surface area contributed by atoms with Gasteiger partial charge in [-0.25, -0.2) is 4.79 Å². The molecular weight excluding hydrogens is 314 g/mol. The van der Waals surface area contributed by atoms with Gasteiger partial charge in [0, 0.05) is 6.20 Å². The molecule has 1 rings (SSSR count). The van der Waals surface area contributed by atoms with Gasteiger partial charge in [-0.3, -0.25) is 4.98 Å². The van der Waals surface area contributed by atoms with Crippen molar-refractivity contribution < 1.29 is 9.53 Å². The lowest BCUT2D eigenvalue weighted by atomic mass is 10.2. The van der Waals surface area contributed by atoms with Crippen molar-refractivity contribution in [2.75, 3.05) is 6.61 Å². The Labute approximate surface area is 99.1 Å². The van der Waals surface area contributed by atoms with Gasteiger partial charge in [-0.15, -0.1) is 0 Å². The molecule has 5 heteroatoms. The van der Waals surface area contributed by atoms with E-state index in [1.807, 2.05) is 0 Å². The van der Waals surface area contributed by atoms with Gasteiger partial charge in [-0.1, -0.05) is 31.9 Å². The van der Waals surface area contributed by atoms with Crippen molar-refractivity contribution in [2.24, 2.45) is 0 Å². The van der Waals surface area contributed by atoms with E-state index < -0.39 is 0 Å². The number of rotatable bonds is 3. The first-order valence-corrected chi connectivity index (χ1v) is 5.90. The fourth-order valence-corrected chi connectivity index (χ4v) is 1.70. The van der Waals surface area contributed by atoms with Crippen LogP contribution in [0.2, 0.25) is 0 Å². The van der Waals surface area contributed by atoms with E-state index in [9.17, 15) is 4.79 Å². The van der Waals surface area contributed by atoms with E-state index in [1.165, 1.54) is 0 Å². The van der Waals surface area contributed by atoms with Crippen molar-refractivity contribution in [3.05, 3.63) is 29.6 Å². The third-order valence-electron chi connectivity index (χ3n) is 1.54. The molecule has 0 aliphatic heterocycles. The predicted octanol–water partition coefficient (Wildman–Crippen LogP) is 3.05. The van der Waals surface area contributed by atoms with Crippen LogP contribution >= 0.6 is 31.9 Å². The SMILES string of the molecule is CCOC(=O)c1cccnc1C(Br)Br. The Hall–Kier alpha value is -0.420. The van der Waals surface area contributed by atoms with Crippen LogP contribution in [-0.4, -0.2) is 17.6 Å². The van der Waals surface area contributed by atoms with Crippen molar-refractivity contribution in [1.82, 2.24) is 4.98 Å². The lowest BCUT2D eigenvalue weighted by molar-refractivity contribution is 0.0525. The number of ether oxygens (including phenoxy) is 1. The summed E-state index contributed by atoms with van der Waals surface area (Å²) in [6.07, 6.45) is 1.63. The van der Waals surface area contributed by atoms with Crippen molar-refractivity contribution >= 4 is 37.8 Å². The van der Waals surface area contributed by atoms with Crippen LogP contribution in [0.1, 0.15) is 26.7 Å². The maximum absolute atomic E-state index is 11.5. The van der Waals surface area contributed by atoms with Gasteiger partial charge in [0.25, 0.3) is 0 Å². The lowest BCUT2D eigenvalue weighted by Crippen LogP contribution is -2.09. The molecule has 0 spiro atoms. The Morgan fingerprint density at radius 3 is 2.93 bits per heavy atom. The average molecular weight is 323 g/mol. The summed E-state index contributed by atoms with van der Waals surface area (Å²) in [5.74, 6) is -0.348. The Kier molecular flexibility index (Phi) is 4.54. The van der Waals surface area contributed by atoms with Gasteiger partial charge < -0.3 is 4.74 Å². The Morgan fingerprint density at radius 2 is 2.36 bits per heavy atom. The van der Waals surface area contributed by atoms with Crippen molar-refractivity contribution in [3.8, 4) is 0 Å². The fraction of sp³-hybridized carbons (Fsp3) is 0.333. The molecule has 0 aromatic carbocycles. The van der Waals surface area contributed by atoms with Gasteiger partial charge in [0.1, 0.15) is 3.74 Å². The molecule has 0 aliphatic carbocycles. The predicted molar refractivity (Wildman–Crippen MR) is 60.8 cm³/mol. The number of nitrogens with zero attached hydrogens (tertiary/aromatic N) is 1. The summed E-state index contributed by atoms with van der Waals surface area (Å²) >= 11 is 6.60. The Balaban J connectivity index is 3.00. The summed E-state index contributed by atoms with van der Waals surface area (Å²) in [5.41, 5.74) is 1.11. The summed E-state index contributed by atoms with van der Waals surface area (Å²) < 4.78 is 4.76. The van der Waals surface area contributed by atoms with Crippen molar-refractivity contribution in [2.45, 2.75) is 10.7 Å². The Morgan fingerprint density at radius 1 is 1.64 bits per heavy atom. The second-order valence-corrected chi connectivity index (χ2v) is 5.52. The van der Waals surface area contributed by atoms with Crippen molar-refractivity contribution in [1.29, 1.82) is 0 Å². The second-order valence-electron chi connectivity index (χ2n) is 2.46. The largest absolute Gasteiger partial charge is 0.462 e. The number of halogens is 2. The average Bonchev–Trinajstić information content (AvgIpc) is 2.18. The normalized spacial score (nSPS) is 10.3. The number of pyridine rings is 1. The number of hydrogen-bond acceptors (Lipinski definition) is 3. The molecule has 0 atom stereocenters. The summed E-state index contributed by atoms with van der Waals surface area (Å²) in [6, 6.07) is 3.40. The molecule has 76 valence electrons. The van der Waals surface area contributed by atoms with E-state index in [2.05, 4.69) is 36.8 Å². The molecule has 14 heavy (non-hydrogen) atoms. The fourth-order valence-electron chi connectivity index (χ4n) is 0.973. The molecule has 0 fully saturated rings. The number of aromatic nitrogens is 1. The summed E-state index contributed by atoms with van der Waals surface area (Å²) in [5, 5.41) is 0. The number of esters is 1. The molecule has 0 unspecified atom stereocenters. The topological polar surface area (TPSA) is 39.2 Å². The lowest BCUT2D eigenvalue weighted by Gasteiger charge is -2.07. The van der Waals surface area contributed by atoms with Crippen molar-refractivity contribution in [3.63, 3.8) is 0 Å². The molecule has 0 radical (unpaired) electrons. The van der Waals surface area contributed by atoms with Crippen LogP contribution in [0.3, 0.4) is 0 Å². The van der Waals surface area contributed by atoms with Gasteiger partial charge >= 0.3 is 5.97 Å². The zero-order valence-electron chi connectivity index (χ0n) is 7.54. The third kappa shape index (κ3) is 2.78. The van der Waals surface area contributed by atoms with E-state index in [-0.39, 0.29) is 9.71 Å². The third-order valence-corrected chi connectivity index (χ3v) is 2.41. The molecular formula is C9H9Br2NO2. The standard InChI is InChI=1S/C9H9Br2NO2/c1-2-14-9(13)6-4-3-5-12-7(6)8(10)11/h3-5,8H,2H2,1H3. The number of alkyl halides is 2. The molecule has 0 aliphatic rings. The summed E-state index contributed by atoms with van der Waals surface area (Å²) in [6.45, 7) is 2.14. The Bertz CT molecular complexity index is 328. The van der Waals surface area contributed by atoms with E-state index in [1.54, 1.807) is 25.3 Å². The quantitative estimate of drug-likeness (QED) is 0.634. The molecule has 0 N–H and O–H groups in total. The molecule has 0 bridgehead atoms. The molecule has 1 aromatic heterocycles. The first-order valence-electron chi connectivity index (χ1n) is 4.07. The molecule has 0 saturated heterocycles. The van der Waals surface area contributed by atoms with E-state index in [0.29, 0.717) is 17.9 Å². The molecule has 1 heterocycles. The van der Waals surface area contributed by atoms with Gasteiger partial charge in [-0.05, 0) is 19.1 Å². The van der Waals surface area contributed by atoms with Crippen LogP contribution in [0.4, 0.5) is 0 Å². The minimum Gasteiger partial charge on any atom is -0.462 e. The molecule has 1 aromatic rings. The highest BCUT2D eigenvalue weighted by Gasteiger charge is 2.16. The number of hydrogen-bond donors (Lipinski definition) is 0. The molecule has 0 amide bonds. The molecule has 0 saturated carbocycles. The highest BCUT2D eigenvalue weighted by Crippen LogP contribution is 2.29. The first-order chi connectivity index (χ1) is 6.66. The zero-order valence-corrected chi connectivity index (χ0v) is 10.7. The van der Waals surface area contributed by atoms with Crippen LogP contribution < -0.4 is 0 Å². The zero-order chi connectivity index (χ0) is 10.6. The summed E-state index contributed by atoms with van der Waals surface area (Å²) in [4.78, 5) is 15.6. The van der Waals surface area contributed by atoms with Crippen LogP contribution in [0.15, 0.2) is 18.3 Å². The highest BCUT2D eigenvalue weighted by molar-refractivity contribution is 9.24. The second kappa shape index (κ2) is 5.46. The van der Waals surface area contributed by atoms with Crippen LogP contribution in [-0.2, 0) is 4.74 Å². The first kappa shape index (κ1) is 11.7. The van der Waals surface area contributed by atoms with Gasteiger partial charge in [-0.2, -0.15) is 0 Å². The van der Waals surface area contributed by atoms with Crippen LogP contribution in [0, 0.1) is 0 Å². The highest BCUT2D eigenvalue weighted by atomic mass is 79.9. The monoisotopic (exact) mass is 321 g/mol. The van der Waals surface area contributed by atoms with Crippen LogP contribution in [0.5, 0.6) is 0 Å². The van der Waals surface area contributed by atoms with E-state index in [4.69, 9.17) is 4.74 Å². The minimum absolute atomic E-state index is 0.143. The maximum Gasteiger partial charge on any atom is 0.340 e. The molecule has 3 nitrogen and oxygen atoms in total. The number of carbonyl (C=O) groups excluding carboxylic acids is 1.